The molecule has 1 N–H and O–H groups in total. The number of amides is 1. The fraction of sp³-hybridized carbons (Fsp3) is 0.391. The molecule has 1 aliphatic rings. The number of halogens is 1. The van der Waals surface area contributed by atoms with E-state index in [4.69, 9.17) is 4.52 Å². The van der Waals surface area contributed by atoms with E-state index in [0.717, 1.165) is 36.8 Å². The third-order valence-corrected chi connectivity index (χ3v) is 5.86. The Labute approximate surface area is 174 Å². The van der Waals surface area contributed by atoms with Crippen LogP contribution in [0.1, 0.15) is 50.0 Å². The van der Waals surface area contributed by atoms with Crippen molar-refractivity contribution in [2.45, 2.75) is 50.4 Å². The van der Waals surface area contributed by atoms with Crippen molar-refractivity contribution in [3.8, 4) is 11.4 Å². The maximum Gasteiger partial charge on any atom is 0.227 e. The molecule has 2 heterocycles. The molecule has 2 aromatic heterocycles. The van der Waals surface area contributed by atoms with Crippen molar-refractivity contribution >= 4 is 5.91 Å². The van der Waals surface area contributed by atoms with Crippen LogP contribution >= 0.6 is 0 Å². The summed E-state index contributed by atoms with van der Waals surface area (Å²) < 4.78 is 18.6. The largest absolute Gasteiger partial charge is 0.355 e. The summed E-state index contributed by atoms with van der Waals surface area (Å²) in [5.41, 5.74) is 1.80. The second kappa shape index (κ2) is 9.15. The van der Waals surface area contributed by atoms with Crippen molar-refractivity contribution < 1.29 is 13.7 Å². The first-order valence-electron chi connectivity index (χ1n) is 10.4. The van der Waals surface area contributed by atoms with Crippen molar-refractivity contribution in [3.05, 3.63) is 66.1 Å². The van der Waals surface area contributed by atoms with Gasteiger partial charge < -0.3 is 9.84 Å². The van der Waals surface area contributed by atoms with Crippen LogP contribution < -0.4 is 5.32 Å². The average Bonchev–Trinajstić information content (AvgIpc) is 3.27. The summed E-state index contributed by atoms with van der Waals surface area (Å²) >= 11 is 0. The number of rotatable bonds is 7. The number of benzene rings is 1. The summed E-state index contributed by atoms with van der Waals surface area (Å²) in [6, 6.07) is 10.3. The highest BCUT2D eigenvalue weighted by Gasteiger charge is 2.34. The molecule has 0 unspecified atom stereocenters. The monoisotopic (exact) mass is 408 g/mol. The van der Waals surface area contributed by atoms with E-state index in [1.807, 2.05) is 12.1 Å². The van der Waals surface area contributed by atoms with Crippen LogP contribution in [0.25, 0.3) is 11.4 Å². The fourth-order valence-electron chi connectivity index (χ4n) is 4.15. The quantitative estimate of drug-likeness (QED) is 0.633. The number of hydrogen-bond acceptors (Lipinski definition) is 5. The van der Waals surface area contributed by atoms with E-state index >= 15 is 0 Å². The van der Waals surface area contributed by atoms with Crippen molar-refractivity contribution in [2.24, 2.45) is 0 Å². The second-order valence-corrected chi connectivity index (χ2v) is 7.87. The van der Waals surface area contributed by atoms with Gasteiger partial charge in [-0.3, -0.25) is 9.78 Å². The SMILES string of the molecule is O=C(CCc1nc(-c2ccncc2)no1)NCC1(c2ccc(F)cc2)CCCCC1. The molecular formula is C23H25FN4O2. The zero-order valence-electron chi connectivity index (χ0n) is 16.8. The van der Waals surface area contributed by atoms with Crippen molar-refractivity contribution in [1.29, 1.82) is 0 Å². The van der Waals surface area contributed by atoms with Crippen LogP contribution in [0, 0.1) is 5.82 Å². The standard InChI is InChI=1S/C23H25FN4O2/c24-19-6-4-18(5-7-19)23(12-2-1-3-13-23)16-26-20(29)8-9-21-27-22(28-30-21)17-10-14-25-15-11-17/h4-7,10-11,14-15H,1-3,8-9,12-13,16H2,(H,26,29). The molecule has 30 heavy (non-hydrogen) atoms. The Hall–Kier alpha value is -3.09. The molecule has 1 saturated carbocycles. The number of pyridine rings is 1. The number of nitrogens with zero attached hydrogens (tertiary/aromatic N) is 3. The third-order valence-electron chi connectivity index (χ3n) is 5.86. The lowest BCUT2D eigenvalue weighted by Gasteiger charge is -2.38. The van der Waals surface area contributed by atoms with Crippen LogP contribution in [0.3, 0.4) is 0 Å². The molecule has 7 heteroatoms. The molecule has 1 amide bonds. The number of carbonyl (C=O) groups excluding carboxylic acids is 1. The Balaban J connectivity index is 1.34. The van der Waals surface area contributed by atoms with Gasteiger partial charge in [0.1, 0.15) is 5.82 Å². The molecule has 0 aliphatic heterocycles. The zero-order chi connectivity index (χ0) is 20.8. The van der Waals surface area contributed by atoms with Crippen molar-refractivity contribution in [1.82, 2.24) is 20.4 Å². The number of nitrogens with one attached hydrogen (secondary N) is 1. The Morgan fingerprint density at radius 1 is 1.07 bits per heavy atom. The van der Waals surface area contributed by atoms with E-state index in [0.29, 0.717) is 24.7 Å². The molecule has 1 aromatic carbocycles. The summed E-state index contributed by atoms with van der Waals surface area (Å²) in [5.74, 6) is 0.637. The molecule has 156 valence electrons. The maximum absolute atomic E-state index is 13.4. The topological polar surface area (TPSA) is 80.9 Å². The average molecular weight is 408 g/mol. The Kier molecular flexibility index (Phi) is 6.16. The van der Waals surface area contributed by atoms with E-state index < -0.39 is 0 Å². The van der Waals surface area contributed by atoms with Gasteiger partial charge in [-0.2, -0.15) is 4.98 Å². The Bertz CT molecular complexity index is 966. The molecule has 1 aliphatic carbocycles. The smallest absolute Gasteiger partial charge is 0.227 e. The normalized spacial score (nSPS) is 15.6. The second-order valence-electron chi connectivity index (χ2n) is 7.87. The molecular weight excluding hydrogens is 383 g/mol. The fourth-order valence-corrected chi connectivity index (χ4v) is 4.15. The van der Waals surface area contributed by atoms with Gasteiger partial charge in [0.15, 0.2) is 0 Å². The predicted molar refractivity (Wildman–Crippen MR) is 110 cm³/mol. The molecule has 0 bridgehead atoms. The van der Waals surface area contributed by atoms with Gasteiger partial charge in [0.05, 0.1) is 0 Å². The van der Waals surface area contributed by atoms with E-state index in [1.54, 1.807) is 24.5 Å². The first-order chi connectivity index (χ1) is 14.6. The molecule has 0 radical (unpaired) electrons. The van der Waals surface area contributed by atoms with Gasteiger partial charge in [-0.1, -0.05) is 36.6 Å². The molecule has 6 nitrogen and oxygen atoms in total. The van der Waals surface area contributed by atoms with E-state index in [-0.39, 0.29) is 23.6 Å². The van der Waals surface area contributed by atoms with Gasteiger partial charge in [-0.25, -0.2) is 4.39 Å². The van der Waals surface area contributed by atoms with E-state index in [9.17, 15) is 9.18 Å². The van der Waals surface area contributed by atoms with Crippen molar-refractivity contribution in [3.63, 3.8) is 0 Å². The van der Waals surface area contributed by atoms with Crippen LogP contribution in [0.2, 0.25) is 0 Å². The molecule has 0 saturated heterocycles. The summed E-state index contributed by atoms with van der Waals surface area (Å²) in [5, 5.41) is 7.05. The van der Waals surface area contributed by atoms with Crippen LogP contribution in [0.15, 0.2) is 53.3 Å². The first-order valence-corrected chi connectivity index (χ1v) is 10.4. The van der Waals surface area contributed by atoms with Gasteiger partial charge in [-0.15, -0.1) is 0 Å². The van der Waals surface area contributed by atoms with Gasteiger partial charge in [0, 0.05) is 42.8 Å². The minimum atomic E-state index is -0.237. The Morgan fingerprint density at radius 3 is 2.53 bits per heavy atom. The summed E-state index contributed by atoms with van der Waals surface area (Å²) in [7, 11) is 0. The highest BCUT2D eigenvalue weighted by atomic mass is 19.1. The number of carbonyl (C=O) groups is 1. The third kappa shape index (κ3) is 4.72. The summed E-state index contributed by atoms with van der Waals surface area (Å²) in [4.78, 5) is 20.8. The number of hydrogen-bond donors (Lipinski definition) is 1. The van der Waals surface area contributed by atoms with Crippen LogP contribution in [-0.4, -0.2) is 27.6 Å². The Morgan fingerprint density at radius 2 is 1.80 bits per heavy atom. The maximum atomic E-state index is 13.4. The number of aryl methyl sites for hydroxylation is 1. The lowest BCUT2D eigenvalue weighted by Crippen LogP contribution is -2.42. The first kappa shape index (κ1) is 20.2. The minimum Gasteiger partial charge on any atom is -0.355 e. The molecule has 1 fully saturated rings. The van der Waals surface area contributed by atoms with Gasteiger partial charge >= 0.3 is 0 Å². The van der Waals surface area contributed by atoms with Gasteiger partial charge in [0.25, 0.3) is 0 Å². The minimum absolute atomic E-state index is 0.0503. The van der Waals surface area contributed by atoms with Crippen LogP contribution in [0.4, 0.5) is 4.39 Å². The van der Waals surface area contributed by atoms with Crippen molar-refractivity contribution in [2.75, 3.05) is 6.54 Å². The lowest BCUT2D eigenvalue weighted by atomic mass is 9.69. The van der Waals surface area contributed by atoms with Crippen LogP contribution in [-0.2, 0) is 16.6 Å². The zero-order valence-corrected chi connectivity index (χ0v) is 16.8. The molecule has 3 aromatic rings. The molecule has 0 spiro atoms. The highest BCUT2D eigenvalue weighted by molar-refractivity contribution is 5.76. The van der Waals surface area contributed by atoms with E-state index in [1.165, 1.54) is 18.6 Å². The lowest BCUT2D eigenvalue weighted by molar-refractivity contribution is -0.121. The van der Waals surface area contributed by atoms with Gasteiger partial charge in [0.2, 0.25) is 17.6 Å². The van der Waals surface area contributed by atoms with Gasteiger partial charge in [-0.05, 0) is 42.7 Å². The number of aromatic nitrogens is 3. The highest BCUT2D eigenvalue weighted by Crippen LogP contribution is 2.39. The summed E-state index contributed by atoms with van der Waals surface area (Å²) in [6.07, 6.45) is 9.43. The predicted octanol–water partition coefficient (Wildman–Crippen LogP) is 4.22. The van der Waals surface area contributed by atoms with Crippen LogP contribution in [0.5, 0.6) is 0 Å². The van der Waals surface area contributed by atoms with E-state index in [2.05, 4.69) is 20.4 Å². The molecule has 4 rings (SSSR count). The molecule has 0 atom stereocenters. The summed E-state index contributed by atoms with van der Waals surface area (Å²) in [6.45, 7) is 0.559.